The van der Waals surface area contributed by atoms with Crippen LogP contribution < -0.4 is 5.32 Å². The van der Waals surface area contributed by atoms with Crippen LogP contribution in [-0.4, -0.2) is 35.4 Å². The fourth-order valence-electron chi connectivity index (χ4n) is 3.46. The number of benzene rings is 2. The second kappa shape index (κ2) is 8.15. The maximum absolute atomic E-state index is 12.5. The summed E-state index contributed by atoms with van der Waals surface area (Å²) in [4.78, 5) is 19.4. The molecular formula is C20H19Cl2N3OS. The molecule has 1 aliphatic heterocycles. The Bertz CT molecular complexity index is 942. The van der Waals surface area contributed by atoms with E-state index in [1.807, 2.05) is 12.1 Å². The van der Waals surface area contributed by atoms with Crippen LogP contribution in [0.3, 0.4) is 0 Å². The highest BCUT2D eigenvalue weighted by Gasteiger charge is 2.25. The Hall–Kier alpha value is -1.66. The van der Waals surface area contributed by atoms with Crippen molar-refractivity contribution < 1.29 is 4.79 Å². The van der Waals surface area contributed by atoms with Gasteiger partial charge in [-0.2, -0.15) is 0 Å². The van der Waals surface area contributed by atoms with E-state index in [0.29, 0.717) is 28.2 Å². The number of halogens is 2. The third kappa shape index (κ3) is 4.27. The first-order valence-corrected chi connectivity index (χ1v) is 10.5. The van der Waals surface area contributed by atoms with Gasteiger partial charge < -0.3 is 5.32 Å². The van der Waals surface area contributed by atoms with Gasteiger partial charge in [-0.05, 0) is 43.7 Å². The van der Waals surface area contributed by atoms with Gasteiger partial charge in [-0.25, -0.2) is 4.98 Å². The van der Waals surface area contributed by atoms with E-state index in [4.69, 9.17) is 28.2 Å². The molecule has 0 bridgehead atoms. The lowest BCUT2D eigenvalue weighted by atomic mass is 9.99. The fourth-order valence-corrected chi connectivity index (χ4v) is 4.90. The van der Waals surface area contributed by atoms with Crippen LogP contribution >= 0.6 is 34.5 Å². The first-order valence-electron chi connectivity index (χ1n) is 8.92. The van der Waals surface area contributed by atoms with E-state index >= 15 is 0 Å². The molecule has 1 aromatic heterocycles. The standard InChI is InChI=1S/C20H19Cl2N3OS/c21-14-6-3-8-16(19(14)22)23-18(26)12-25-10-4-5-13(11-25)20-24-15-7-1-2-9-17(15)27-20/h1-3,6-9,13H,4-5,10-12H2,(H,23,26). The number of rotatable bonds is 4. The van der Waals surface area contributed by atoms with Gasteiger partial charge in [0.2, 0.25) is 5.91 Å². The Morgan fingerprint density at radius 3 is 2.93 bits per heavy atom. The van der Waals surface area contributed by atoms with E-state index in [1.165, 1.54) is 9.71 Å². The van der Waals surface area contributed by atoms with Crippen LogP contribution in [0.5, 0.6) is 0 Å². The number of hydrogen-bond acceptors (Lipinski definition) is 4. The van der Waals surface area contributed by atoms with Crippen LogP contribution in [0, 0.1) is 0 Å². The Balaban J connectivity index is 1.40. The number of nitrogens with one attached hydrogen (secondary N) is 1. The highest BCUT2D eigenvalue weighted by Crippen LogP contribution is 2.33. The fraction of sp³-hybridized carbons (Fsp3) is 0.300. The van der Waals surface area contributed by atoms with Crippen molar-refractivity contribution in [1.29, 1.82) is 0 Å². The molecule has 0 saturated carbocycles. The van der Waals surface area contributed by atoms with Gasteiger partial charge in [-0.1, -0.05) is 41.4 Å². The van der Waals surface area contributed by atoms with Crippen LogP contribution in [0.15, 0.2) is 42.5 Å². The van der Waals surface area contributed by atoms with Gasteiger partial charge in [-0.3, -0.25) is 9.69 Å². The molecule has 1 atom stereocenters. The summed E-state index contributed by atoms with van der Waals surface area (Å²) in [6, 6.07) is 13.5. The number of carbonyl (C=O) groups is 1. The molecule has 1 aliphatic rings. The summed E-state index contributed by atoms with van der Waals surface area (Å²) in [5.41, 5.74) is 1.61. The molecule has 0 aliphatic carbocycles. The maximum Gasteiger partial charge on any atom is 0.238 e. The van der Waals surface area contributed by atoms with Gasteiger partial charge >= 0.3 is 0 Å². The van der Waals surface area contributed by atoms with Gasteiger partial charge in [-0.15, -0.1) is 11.3 Å². The highest BCUT2D eigenvalue weighted by atomic mass is 35.5. The van der Waals surface area contributed by atoms with Crippen molar-refractivity contribution in [3.63, 3.8) is 0 Å². The van der Waals surface area contributed by atoms with Crippen LogP contribution in [0.1, 0.15) is 23.8 Å². The number of piperidine rings is 1. The quantitative estimate of drug-likeness (QED) is 0.613. The summed E-state index contributed by atoms with van der Waals surface area (Å²) in [5.74, 6) is 0.294. The summed E-state index contributed by atoms with van der Waals surface area (Å²) in [5, 5.41) is 4.84. The average molecular weight is 420 g/mol. The zero-order chi connectivity index (χ0) is 18.8. The minimum absolute atomic E-state index is 0.0795. The summed E-state index contributed by atoms with van der Waals surface area (Å²) >= 11 is 13.9. The molecular weight excluding hydrogens is 401 g/mol. The van der Waals surface area contributed by atoms with E-state index in [0.717, 1.165) is 31.4 Å². The van der Waals surface area contributed by atoms with Crippen molar-refractivity contribution in [2.75, 3.05) is 25.0 Å². The van der Waals surface area contributed by atoms with E-state index in [2.05, 4.69) is 22.3 Å². The Morgan fingerprint density at radius 1 is 1.22 bits per heavy atom. The lowest BCUT2D eigenvalue weighted by Crippen LogP contribution is -2.39. The van der Waals surface area contributed by atoms with Gasteiger partial charge in [0.1, 0.15) is 0 Å². The molecule has 4 rings (SSSR count). The smallest absolute Gasteiger partial charge is 0.238 e. The molecule has 1 fully saturated rings. The summed E-state index contributed by atoms with van der Waals surface area (Å²) in [6.45, 7) is 2.10. The zero-order valence-corrected chi connectivity index (χ0v) is 16.9. The van der Waals surface area contributed by atoms with Gasteiger partial charge in [0.25, 0.3) is 0 Å². The van der Waals surface area contributed by atoms with Crippen LogP contribution in [0.4, 0.5) is 5.69 Å². The number of amides is 1. The molecule has 4 nitrogen and oxygen atoms in total. The minimum atomic E-state index is -0.0795. The number of anilines is 1. The van der Waals surface area contributed by atoms with Crippen molar-refractivity contribution >= 4 is 56.3 Å². The number of thiazole rings is 1. The third-order valence-electron chi connectivity index (χ3n) is 4.76. The van der Waals surface area contributed by atoms with Gasteiger partial charge in [0, 0.05) is 12.5 Å². The number of para-hydroxylation sites is 1. The van der Waals surface area contributed by atoms with Crippen molar-refractivity contribution in [3.05, 3.63) is 57.5 Å². The molecule has 27 heavy (non-hydrogen) atoms. The lowest BCUT2D eigenvalue weighted by molar-refractivity contribution is -0.117. The molecule has 1 unspecified atom stereocenters. The third-order valence-corrected chi connectivity index (χ3v) is 6.78. The number of aromatic nitrogens is 1. The Kier molecular flexibility index (Phi) is 5.64. The molecule has 0 spiro atoms. The maximum atomic E-state index is 12.5. The predicted molar refractivity (Wildman–Crippen MR) is 113 cm³/mol. The van der Waals surface area contributed by atoms with Crippen LogP contribution in [0.2, 0.25) is 10.0 Å². The number of carbonyl (C=O) groups excluding carboxylic acids is 1. The lowest BCUT2D eigenvalue weighted by Gasteiger charge is -2.31. The van der Waals surface area contributed by atoms with E-state index in [-0.39, 0.29) is 5.91 Å². The van der Waals surface area contributed by atoms with Gasteiger partial charge in [0.15, 0.2) is 0 Å². The van der Waals surface area contributed by atoms with Crippen molar-refractivity contribution in [3.8, 4) is 0 Å². The van der Waals surface area contributed by atoms with Crippen molar-refractivity contribution in [1.82, 2.24) is 9.88 Å². The molecule has 1 N–H and O–H groups in total. The highest BCUT2D eigenvalue weighted by molar-refractivity contribution is 7.18. The molecule has 7 heteroatoms. The van der Waals surface area contributed by atoms with Crippen molar-refractivity contribution in [2.45, 2.75) is 18.8 Å². The number of hydrogen-bond donors (Lipinski definition) is 1. The normalized spacial score (nSPS) is 17.9. The zero-order valence-electron chi connectivity index (χ0n) is 14.6. The molecule has 2 aromatic carbocycles. The van der Waals surface area contributed by atoms with E-state index in [9.17, 15) is 4.79 Å². The van der Waals surface area contributed by atoms with E-state index < -0.39 is 0 Å². The second-order valence-corrected chi connectivity index (χ2v) is 8.59. The topological polar surface area (TPSA) is 45.2 Å². The number of nitrogens with zero attached hydrogens (tertiary/aromatic N) is 2. The second-order valence-electron chi connectivity index (χ2n) is 6.74. The van der Waals surface area contributed by atoms with Gasteiger partial charge in [0.05, 0.1) is 37.5 Å². The average Bonchev–Trinajstić information content (AvgIpc) is 3.10. The Labute approximate surface area is 172 Å². The SMILES string of the molecule is O=C(CN1CCCC(c2nc3ccccc3s2)C1)Nc1cccc(Cl)c1Cl. The molecule has 3 aromatic rings. The molecule has 1 saturated heterocycles. The number of fused-ring (bicyclic) bond motifs is 1. The minimum Gasteiger partial charge on any atom is -0.324 e. The Morgan fingerprint density at radius 2 is 2.07 bits per heavy atom. The summed E-state index contributed by atoms with van der Waals surface area (Å²) in [7, 11) is 0. The van der Waals surface area contributed by atoms with Crippen LogP contribution in [-0.2, 0) is 4.79 Å². The first kappa shape index (κ1) is 18.7. The molecule has 0 radical (unpaired) electrons. The predicted octanol–water partition coefficient (Wildman–Crippen LogP) is 5.42. The molecule has 1 amide bonds. The summed E-state index contributed by atoms with van der Waals surface area (Å²) < 4.78 is 1.22. The van der Waals surface area contributed by atoms with Crippen molar-refractivity contribution in [2.24, 2.45) is 0 Å². The summed E-state index contributed by atoms with van der Waals surface area (Å²) in [6.07, 6.45) is 2.17. The number of likely N-dealkylation sites (tertiary alicyclic amines) is 1. The molecule has 140 valence electrons. The first-order chi connectivity index (χ1) is 13.1. The van der Waals surface area contributed by atoms with E-state index in [1.54, 1.807) is 29.5 Å². The largest absolute Gasteiger partial charge is 0.324 e. The monoisotopic (exact) mass is 419 g/mol. The van der Waals surface area contributed by atoms with Crippen LogP contribution in [0.25, 0.3) is 10.2 Å². The molecule has 2 heterocycles.